The minimum atomic E-state index is -0.416. The van der Waals surface area contributed by atoms with Crippen molar-refractivity contribution in [2.24, 2.45) is 5.92 Å². The molecular weight excluding hydrogens is 372 g/mol. The first-order chi connectivity index (χ1) is 13.6. The molecule has 2 heterocycles. The number of para-hydroxylation sites is 2. The van der Waals surface area contributed by atoms with E-state index in [-0.39, 0.29) is 17.7 Å². The molecule has 1 amide bonds. The van der Waals surface area contributed by atoms with Gasteiger partial charge in [-0.2, -0.15) is 0 Å². The Morgan fingerprint density at radius 3 is 2.57 bits per heavy atom. The van der Waals surface area contributed by atoms with E-state index < -0.39 is 6.10 Å². The van der Waals surface area contributed by atoms with Gasteiger partial charge in [-0.05, 0) is 50.2 Å². The number of nitrogens with zero attached hydrogens (tertiary/aromatic N) is 3. The summed E-state index contributed by atoms with van der Waals surface area (Å²) >= 11 is 1.44. The monoisotopic (exact) mass is 400 g/mol. The van der Waals surface area contributed by atoms with Gasteiger partial charge in [0, 0.05) is 13.1 Å². The van der Waals surface area contributed by atoms with Gasteiger partial charge in [0.15, 0.2) is 5.82 Å². The van der Waals surface area contributed by atoms with Crippen LogP contribution in [0.25, 0.3) is 11.0 Å². The molecule has 28 heavy (non-hydrogen) atoms. The fraction of sp³-hybridized carbons (Fsp3) is 0.571. The molecular formula is C21H28N4O2S. The van der Waals surface area contributed by atoms with Crippen LogP contribution in [0.3, 0.4) is 0 Å². The second-order valence-electron chi connectivity index (χ2n) is 7.97. The van der Waals surface area contributed by atoms with Gasteiger partial charge in [-0.1, -0.05) is 30.8 Å². The number of amides is 1. The first kappa shape index (κ1) is 19.5. The number of fused-ring (bicyclic) bond motifs is 1. The van der Waals surface area contributed by atoms with Crippen LogP contribution in [0.4, 0.5) is 5.82 Å². The Labute approximate surface area is 170 Å². The van der Waals surface area contributed by atoms with Crippen LogP contribution in [0, 0.1) is 5.92 Å². The van der Waals surface area contributed by atoms with Crippen molar-refractivity contribution >= 4 is 34.5 Å². The van der Waals surface area contributed by atoms with Gasteiger partial charge < -0.3 is 15.3 Å². The third-order valence-electron chi connectivity index (χ3n) is 5.77. The Kier molecular flexibility index (Phi) is 6.01. The van der Waals surface area contributed by atoms with E-state index in [1.807, 2.05) is 24.3 Å². The summed E-state index contributed by atoms with van der Waals surface area (Å²) in [5.74, 6) is 1.87. The molecule has 150 valence electrons. The van der Waals surface area contributed by atoms with E-state index in [0.29, 0.717) is 0 Å². The quantitative estimate of drug-likeness (QED) is 0.752. The molecule has 1 aliphatic carbocycles. The van der Waals surface area contributed by atoms with Crippen LogP contribution >= 0.6 is 11.8 Å². The number of aromatic nitrogens is 2. The van der Waals surface area contributed by atoms with Crippen molar-refractivity contribution in [1.29, 1.82) is 0 Å². The van der Waals surface area contributed by atoms with E-state index in [1.165, 1.54) is 11.8 Å². The summed E-state index contributed by atoms with van der Waals surface area (Å²) in [5.41, 5.74) is 1.74. The molecule has 0 spiro atoms. The van der Waals surface area contributed by atoms with Crippen molar-refractivity contribution in [3.8, 4) is 0 Å². The highest BCUT2D eigenvalue weighted by molar-refractivity contribution is 8.00. The van der Waals surface area contributed by atoms with Crippen LogP contribution in [0.5, 0.6) is 0 Å². The first-order valence-electron chi connectivity index (χ1n) is 10.2. The van der Waals surface area contributed by atoms with Gasteiger partial charge in [0.25, 0.3) is 0 Å². The lowest BCUT2D eigenvalue weighted by Crippen LogP contribution is -2.40. The molecule has 2 aromatic rings. The van der Waals surface area contributed by atoms with Gasteiger partial charge in [0.1, 0.15) is 5.03 Å². The van der Waals surface area contributed by atoms with Crippen molar-refractivity contribution in [3.63, 3.8) is 0 Å². The Hall–Kier alpha value is -1.86. The molecule has 1 saturated heterocycles. The van der Waals surface area contributed by atoms with Crippen LogP contribution in [0.2, 0.25) is 0 Å². The van der Waals surface area contributed by atoms with Gasteiger partial charge in [0.2, 0.25) is 5.91 Å². The van der Waals surface area contributed by atoms with Gasteiger partial charge >= 0.3 is 0 Å². The lowest BCUT2D eigenvalue weighted by atomic mass is 9.99. The zero-order chi connectivity index (χ0) is 19.5. The van der Waals surface area contributed by atoms with Crippen molar-refractivity contribution in [1.82, 2.24) is 15.3 Å². The summed E-state index contributed by atoms with van der Waals surface area (Å²) < 4.78 is 0. The smallest absolute Gasteiger partial charge is 0.230 e. The van der Waals surface area contributed by atoms with E-state index in [9.17, 15) is 9.90 Å². The number of benzene rings is 1. The zero-order valence-corrected chi connectivity index (χ0v) is 17.1. The largest absolute Gasteiger partial charge is 0.391 e. The van der Waals surface area contributed by atoms with Crippen LogP contribution in [0.1, 0.15) is 39.0 Å². The molecule has 7 heteroatoms. The molecule has 1 aromatic heterocycles. The molecule has 2 N–H and O–H groups in total. The highest BCUT2D eigenvalue weighted by Gasteiger charge is 2.27. The summed E-state index contributed by atoms with van der Waals surface area (Å²) in [6.45, 7) is 4.24. The minimum absolute atomic E-state index is 0.0517. The predicted molar refractivity (Wildman–Crippen MR) is 113 cm³/mol. The molecule has 1 aliphatic heterocycles. The molecule has 0 bridgehead atoms. The van der Waals surface area contributed by atoms with Crippen LogP contribution in [0.15, 0.2) is 29.3 Å². The average Bonchev–Trinajstić information content (AvgIpc) is 3.11. The number of aliphatic hydroxyl groups is 1. The maximum atomic E-state index is 12.4. The zero-order valence-electron chi connectivity index (χ0n) is 16.3. The summed E-state index contributed by atoms with van der Waals surface area (Å²) in [5, 5.41) is 13.7. The molecule has 2 fully saturated rings. The highest BCUT2D eigenvalue weighted by Crippen LogP contribution is 2.31. The van der Waals surface area contributed by atoms with Crippen LogP contribution in [-0.4, -0.2) is 52.0 Å². The molecule has 2 aliphatic rings. The third-order valence-corrected chi connectivity index (χ3v) is 6.72. The van der Waals surface area contributed by atoms with Gasteiger partial charge in [-0.25, -0.2) is 9.97 Å². The fourth-order valence-electron chi connectivity index (χ4n) is 3.99. The van der Waals surface area contributed by atoms with Crippen molar-refractivity contribution in [2.75, 3.05) is 23.7 Å². The number of hydrogen-bond donors (Lipinski definition) is 2. The lowest BCUT2D eigenvalue weighted by molar-refractivity contribution is -0.119. The molecule has 1 aromatic carbocycles. The maximum Gasteiger partial charge on any atom is 0.230 e. The molecule has 0 radical (unpaired) electrons. The molecule has 2 atom stereocenters. The Morgan fingerprint density at radius 1 is 1.18 bits per heavy atom. The Balaban J connectivity index is 1.51. The standard InChI is InChI=1S/C21H28N4O2S/c1-14-9-11-25(12-10-14)20-21(24-16-6-3-2-5-15(16)23-20)28-13-19(27)22-17-7-4-8-18(17)26/h2-3,5-6,14,17-18,26H,4,7-13H2,1H3,(H,22,27)/t17-,18-/m1/s1. The normalized spacial score (nSPS) is 23.3. The number of piperidine rings is 1. The van der Waals surface area contributed by atoms with E-state index >= 15 is 0 Å². The van der Waals surface area contributed by atoms with Crippen LogP contribution < -0.4 is 10.2 Å². The number of carbonyl (C=O) groups is 1. The minimum Gasteiger partial charge on any atom is -0.391 e. The summed E-state index contributed by atoms with van der Waals surface area (Å²) in [6.07, 6.45) is 4.47. The highest BCUT2D eigenvalue weighted by atomic mass is 32.2. The Bertz CT molecular complexity index is 838. The van der Waals surface area contributed by atoms with Crippen molar-refractivity contribution in [2.45, 2.75) is 56.2 Å². The first-order valence-corrected chi connectivity index (χ1v) is 11.2. The fourth-order valence-corrected chi connectivity index (χ4v) is 4.81. The SMILES string of the molecule is CC1CCN(c2nc3ccccc3nc2SCC(=O)N[C@@H]2CCC[C@H]2O)CC1. The van der Waals surface area contributed by atoms with E-state index in [2.05, 4.69) is 17.1 Å². The van der Waals surface area contributed by atoms with Crippen molar-refractivity contribution < 1.29 is 9.90 Å². The van der Waals surface area contributed by atoms with Gasteiger partial charge in [0.05, 0.1) is 28.9 Å². The Morgan fingerprint density at radius 2 is 1.89 bits per heavy atom. The van der Waals surface area contributed by atoms with E-state index in [1.54, 1.807) is 0 Å². The molecule has 0 unspecified atom stereocenters. The lowest BCUT2D eigenvalue weighted by Gasteiger charge is -2.32. The number of rotatable bonds is 5. The predicted octanol–water partition coefficient (Wildman–Crippen LogP) is 2.99. The number of carbonyl (C=O) groups excluding carboxylic acids is 1. The second-order valence-corrected chi connectivity index (χ2v) is 8.94. The number of anilines is 1. The van der Waals surface area contributed by atoms with Crippen molar-refractivity contribution in [3.05, 3.63) is 24.3 Å². The summed E-state index contributed by atoms with van der Waals surface area (Å²) in [4.78, 5) is 24.4. The molecule has 1 saturated carbocycles. The maximum absolute atomic E-state index is 12.4. The second kappa shape index (κ2) is 8.66. The average molecular weight is 401 g/mol. The molecule has 4 rings (SSSR count). The third kappa shape index (κ3) is 4.41. The van der Waals surface area contributed by atoms with Crippen LogP contribution in [-0.2, 0) is 4.79 Å². The summed E-state index contributed by atoms with van der Waals surface area (Å²) in [6, 6.07) is 7.78. The summed E-state index contributed by atoms with van der Waals surface area (Å²) in [7, 11) is 0. The van der Waals surface area contributed by atoms with Gasteiger partial charge in [-0.3, -0.25) is 4.79 Å². The number of nitrogens with one attached hydrogen (secondary N) is 1. The number of hydrogen-bond acceptors (Lipinski definition) is 6. The number of aliphatic hydroxyl groups excluding tert-OH is 1. The van der Waals surface area contributed by atoms with E-state index in [4.69, 9.17) is 9.97 Å². The molecule has 6 nitrogen and oxygen atoms in total. The van der Waals surface area contributed by atoms with Gasteiger partial charge in [-0.15, -0.1) is 0 Å². The topological polar surface area (TPSA) is 78.4 Å². The van der Waals surface area contributed by atoms with E-state index in [0.717, 1.165) is 73.0 Å². The number of thioether (sulfide) groups is 1.